The van der Waals surface area contributed by atoms with Gasteiger partial charge in [-0.05, 0) is 31.2 Å². The highest BCUT2D eigenvalue weighted by Crippen LogP contribution is 2.30. The molecule has 2 N–H and O–H groups in total. The number of hydrogen-bond acceptors (Lipinski definition) is 3. The second-order valence-electron chi connectivity index (χ2n) is 4.31. The number of nitrogens with zero attached hydrogens (tertiary/aromatic N) is 2. The summed E-state index contributed by atoms with van der Waals surface area (Å²) in [5.41, 5.74) is 7.68. The van der Waals surface area contributed by atoms with E-state index in [2.05, 4.69) is 4.98 Å². The molecule has 102 valence electrons. The van der Waals surface area contributed by atoms with E-state index in [0.717, 1.165) is 5.52 Å². The lowest BCUT2D eigenvalue weighted by atomic mass is 10.2. The number of imidazole rings is 1. The third-order valence-corrected chi connectivity index (χ3v) is 3.07. The number of fused-ring (bicyclic) bond motifs is 1. The predicted octanol–water partition coefficient (Wildman–Crippen LogP) is 3.15. The molecule has 0 saturated heterocycles. The average molecular weight is 271 g/mol. The van der Waals surface area contributed by atoms with Crippen LogP contribution in [-0.2, 0) is 0 Å². The van der Waals surface area contributed by atoms with Crippen LogP contribution in [0.1, 0.15) is 6.92 Å². The Morgan fingerprint density at radius 1 is 1.20 bits per heavy atom. The second-order valence-corrected chi connectivity index (χ2v) is 4.31. The summed E-state index contributed by atoms with van der Waals surface area (Å²) in [6, 6.07) is 12.0. The first kappa shape index (κ1) is 12.5. The van der Waals surface area contributed by atoms with Gasteiger partial charge in [-0.1, -0.05) is 18.2 Å². The van der Waals surface area contributed by atoms with E-state index in [-0.39, 0.29) is 11.8 Å². The van der Waals surface area contributed by atoms with Crippen LogP contribution >= 0.6 is 0 Å². The minimum absolute atomic E-state index is 0.234. The molecule has 1 aromatic heterocycles. The number of aromatic nitrogens is 2. The van der Waals surface area contributed by atoms with Gasteiger partial charge in [-0.2, -0.15) is 0 Å². The fraction of sp³-hybridized carbons (Fsp3) is 0.133. The number of ether oxygens (including phenoxy) is 1. The van der Waals surface area contributed by atoms with Crippen molar-refractivity contribution in [2.45, 2.75) is 6.92 Å². The van der Waals surface area contributed by atoms with Crippen LogP contribution in [0.2, 0.25) is 0 Å². The number of hydrogen-bond donors (Lipinski definition) is 1. The van der Waals surface area contributed by atoms with Crippen molar-refractivity contribution in [2.24, 2.45) is 0 Å². The second kappa shape index (κ2) is 4.85. The average Bonchev–Trinajstić information content (AvgIpc) is 2.77. The molecule has 0 aliphatic rings. The van der Waals surface area contributed by atoms with E-state index < -0.39 is 0 Å². The van der Waals surface area contributed by atoms with Gasteiger partial charge in [-0.15, -0.1) is 0 Å². The van der Waals surface area contributed by atoms with Gasteiger partial charge in [0.05, 0.1) is 17.8 Å². The number of para-hydroxylation sites is 2. The fourth-order valence-electron chi connectivity index (χ4n) is 2.25. The molecule has 4 nitrogen and oxygen atoms in total. The van der Waals surface area contributed by atoms with E-state index in [0.29, 0.717) is 23.6 Å². The van der Waals surface area contributed by atoms with Crippen LogP contribution in [0.5, 0.6) is 5.75 Å². The topological polar surface area (TPSA) is 53.1 Å². The molecule has 0 unspecified atom stereocenters. The summed E-state index contributed by atoms with van der Waals surface area (Å²) in [5.74, 6) is 0.532. The lowest BCUT2D eigenvalue weighted by molar-refractivity contribution is 0.344. The van der Waals surface area contributed by atoms with Crippen LogP contribution in [-0.4, -0.2) is 16.2 Å². The monoisotopic (exact) mass is 271 g/mol. The molecule has 0 saturated carbocycles. The number of rotatable bonds is 3. The van der Waals surface area contributed by atoms with Crippen molar-refractivity contribution in [3.63, 3.8) is 0 Å². The molecule has 0 atom stereocenters. The molecule has 20 heavy (non-hydrogen) atoms. The van der Waals surface area contributed by atoms with E-state index in [1.54, 1.807) is 22.8 Å². The van der Waals surface area contributed by atoms with Crippen LogP contribution in [0.25, 0.3) is 16.7 Å². The molecule has 3 aromatic rings. The summed E-state index contributed by atoms with van der Waals surface area (Å²) >= 11 is 0. The number of benzene rings is 2. The van der Waals surface area contributed by atoms with Gasteiger partial charge in [0, 0.05) is 0 Å². The number of nitrogens with two attached hydrogens (primary N) is 1. The molecule has 2 aromatic carbocycles. The summed E-state index contributed by atoms with van der Waals surface area (Å²) in [4.78, 5) is 4.30. The Balaban J connectivity index is 2.30. The van der Waals surface area contributed by atoms with Gasteiger partial charge in [0.1, 0.15) is 17.1 Å². The number of halogens is 1. The summed E-state index contributed by atoms with van der Waals surface area (Å²) in [7, 11) is 0. The van der Waals surface area contributed by atoms with Crippen LogP contribution in [0.4, 0.5) is 10.3 Å². The Bertz CT molecular complexity index is 767. The largest absolute Gasteiger partial charge is 0.492 e. The Kier molecular flexibility index (Phi) is 3.02. The van der Waals surface area contributed by atoms with Crippen LogP contribution in [0.3, 0.4) is 0 Å². The van der Waals surface area contributed by atoms with Gasteiger partial charge in [0.2, 0.25) is 5.95 Å². The maximum absolute atomic E-state index is 14.0. The van der Waals surface area contributed by atoms with Crippen molar-refractivity contribution in [3.05, 3.63) is 48.3 Å². The minimum atomic E-state index is -0.347. The van der Waals surface area contributed by atoms with Crippen LogP contribution in [0.15, 0.2) is 42.5 Å². The summed E-state index contributed by atoms with van der Waals surface area (Å²) in [5, 5.41) is 0. The molecule has 0 spiro atoms. The first-order valence-corrected chi connectivity index (χ1v) is 6.37. The molecule has 0 amide bonds. The van der Waals surface area contributed by atoms with Gasteiger partial charge >= 0.3 is 0 Å². The highest BCUT2D eigenvalue weighted by molar-refractivity contribution is 5.86. The Hall–Kier alpha value is -2.56. The molecule has 1 heterocycles. The molecule has 5 heteroatoms. The fourth-order valence-corrected chi connectivity index (χ4v) is 2.25. The molecule has 0 bridgehead atoms. The molecule has 0 aliphatic heterocycles. The Morgan fingerprint density at radius 2 is 2.00 bits per heavy atom. The van der Waals surface area contributed by atoms with Crippen molar-refractivity contribution >= 4 is 17.0 Å². The van der Waals surface area contributed by atoms with Crippen molar-refractivity contribution in [2.75, 3.05) is 12.3 Å². The third kappa shape index (κ3) is 1.87. The van der Waals surface area contributed by atoms with E-state index in [9.17, 15) is 4.39 Å². The highest BCUT2D eigenvalue weighted by Gasteiger charge is 2.15. The van der Waals surface area contributed by atoms with Gasteiger partial charge in [-0.25, -0.2) is 9.37 Å². The van der Waals surface area contributed by atoms with Crippen molar-refractivity contribution in [1.29, 1.82) is 0 Å². The van der Waals surface area contributed by atoms with Crippen LogP contribution in [0, 0.1) is 5.82 Å². The molecule has 0 aliphatic carbocycles. The first-order chi connectivity index (χ1) is 9.72. The summed E-state index contributed by atoms with van der Waals surface area (Å²) in [6.07, 6.45) is 0. The molecular weight excluding hydrogens is 257 g/mol. The summed E-state index contributed by atoms with van der Waals surface area (Å²) < 4.78 is 21.1. The Morgan fingerprint density at radius 3 is 2.75 bits per heavy atom. The van der Waals surface area contributed by atoms with E-state index in [4.69, 9.17) is 10.5 Å². The van der Waals surface area contributed by atoms with Crippen molar-refractivity contribution in [1.82, 2.24) is 9.55 Å². The van der Waals surface area contributed by atoms with Gasteiger partial charge in [0.15, 0.2) is 0 Å². The zero-order valence-electron chi connectivity index (χ0n) is 11.0. The number of anilines is 1. The molecule has 0 radical (unpaired) electrons. The lowest BCUT2D eigenvalue weighted by Crippen LogP contribution is -2.02. The van der Waals surface area contributed by atoms with Gasteiger partial charge in [0.25, 0.3) is 0 Å². The van der Waals surface area contributed by atoms with E-state index in [1.807, 2.05) is 25.1 Å². The lowest BCUT2D eigenvalue weighted by Gasteiger charge is -2.08. The zero-order chi connectivity index (χ0) is 14.1. The smallest absolute Gasteiger partial charge is 0.206 e. The maximum Gasteiger partial charge on any atom is 0.206 e. The normalized spacial score (nSPS) is 10.9. The quantitative estimate of drug-likeness (QED) is 0.796. The van der Waals surface area contributed by atoms with Crippen LogP contribution < -0.4 is 10.5 Å². The number of nitrogen functional groups attached to an aromatic ring is 1. The van der Waals surface area contributed by atoms with Crippen molar-refractivity contribution in [3.8, 4) is 11.4 Å². The first-order valence-electron chi connectivity index (χ1n) is 6.37. The third-order valence-electron chi connectivity index (χ3n) is 3.07. The SMILES string of the molecule is CCOc1cccc2c1nc(N)n2-c1ccccc1F. The predicted molar refractivity (Wildman–Crippen MR) is 76.6 cm³/mol. The highest BCUT2D eigenvalue weighted by atomic mass is 19.1. The molecule has 0 fully saturated rings. The van der Waals surface area contributed by atoms with E-state index in [1.165, 1.54) is 6.07 Å². The minimum Gasteiger partial charge on any atom is -0.492 e. The van der Waals surface area contributed by atoms with Gasteiger partial charge in [-0.3, -0.25) is 4.57 Å². The van der Waals surface area contributed by atoms with Crippen molar-refractivity contribution < 1.29 is 9.13 Å². The molecule has 3 rings (SSSR count). The Labute approximate surface area is 115 Å². The van der Waals surface area contributed by atoms with E-state index >= 15 is 0 Å². The zero-order valence-corrected chi connectivity index (χ0v) is 11.0. The summed E-state index contributed by atoms with van der Waals surface area (Å²) in [6.45, 7) is 2.43. The standard InChI is InChI=1S/C15H14FN3O/c1-2-20-13-9-5-8-12-14(13)18-15(17)19(12)11-7-4-3-6-10(11)16/h3-9H,2H2,1H3,(H2,17,18). The maximum atomic E-state index is 14.0. The van der Waals surface area contributed by atoms with Gasteiger partial charge < -0.3 is 10.5 Å². The molecular formula is C15H14FN3O.